The predicted molar refractivity (Wildman–Crippen MR) is 78.7 cm³/mol. The predicted octanol–water partition coefficient (Wildman–Crippen LogP) is 1.11. The molecule has 1 aliphatic carbocycles. The van der Waals surface area contributed by atoms with Gasteiger partial charge < -0.3 is 15.2 Å². The van der Waals surface area contributed by atoms with E-state index in [1.807, 2.05) is 0 Å². The molecule has 5 heteroatoms. The maximum atomic E-state index is 12.4. The number of nitrogens with zero attached hydrogens (tertiary/aromatic N) is 1. The Morgan fingerprint density at radius 3 is 3.19 bits per heavy atom. The number of ether oxygens (including phenoxy) is 1. The van der Waals surface area contributed by atoms with Gasteiger partial charge in [-0.15, -0.1) is 0 Å². The number of amides is 1. The van der Waals surface area contributed by atoms with Crippen molar-refractivity contribution in [2.24, 2.45) is 0 Å². The van der Waals surface area contributed by atoms with Crippen LogP contribution in [0.4, 0.5) is 0 Å². The lowest BCUT2D eigenvalue weighted by atomic mass is 10.1. The normalized spacial score (nSPS) is 20.7. The van der Waals surface area contributed by atoms with E-state index in [9.17, 15) is 4.79 Å². The molecule has 1 aromatic heterocycles. The Kier molecular flexibility index (Phi) is 5.73. The first-order valence-electron chi connectivity index (χ1n) is 7.13. The van der Waals surface area contributed by atoms with Gasteiger partial charge in [0.1, 0.15) is 0 Å². The van der Waals surface area contributed by atoms with Gasteiger partial charge in [-0.1, -0.05) is 11.8 Å². The number of hydrogen-bond donors (Lipinski definition) is 2. The summed E-state index contributed by atoms with van der Waals surface area (Å²) in [5.41, 5.74) is 1.09. The Morgan fingerprint density at radius 1 is 1.57 bits per heavy atom. The lowest BCUT2D eigenvalue weighted by Crippen LogP contribution is -2.41. The standard InChI is InChI=1S/C16H20N2O3/c1-21-15-7-4-6-14(15)18-16(20)13-8-9-17-11-12(13)5-2-3-10-19/h8-9,11,14-15,19H,3-4,6-7,10H2,1H3,(H,18,20). The summed E-state index contributed by atoms with van der Waals surface area (Å²) in [6.07, 6.45) is 6.57. The zero-order chi connectivity index (χ0) is 15.1. The second kappa shape index (κ2) is 7.77. The monoisotopic (exact) mass is 288 g/mol. The highest BCUT2D eigenvalue weighted by molar-refractivity contribution is 5.96. The second-order valence-electron chi connectivity index (χ2n) is 4.98. The number of carbonyl (C=O) groups is 1. The van der Waals surface area contributed by atoms with Crippen LogP contribution >= 0.6 is 0 Å². The number of aromatic nitrogens is 1. The molecule has 0 radical (unpaired) electrons. The van der Waals surface area contributed by atoms with Crippen molar-refractivity contribution < 1.29 is 14.6 Å². The average Bonchev–Trinajstić information content (AvgIpc) is 2.95. The Balaban J connectivity index is 2.10. The van der Waals surface area contributed by atoms with Gasteiger partial charge in [0.25, 0.3) is 5.91 Å². The fourth-order valence-corrected chi connectivity index (χ4v) is 2.53. The van der Waals surface area contributed by atoms with Crippen LogP contribution in [0.25, 0.3) is 0 Å². The molecule has 2 atom stereocenters. The van der Waals surface area contributed by atoms with Crippen LogP contribution in [0.15, 0.2) is 18.5 Å². The number of pyridine rings is 1. The van der Waals surface area contributed by atoms with Gasteiger partial charge in [0, 0.05) is 25.9 Å². The maximum absolute atomic E-state index is 12.4. The molecule has 1 aliphatic rings. The van der Waals surface area contributed by atoms with Gasteiger partial charge >= 0.3 is 0 Å². The van der Waals surface area contributed by atoms with Gasteiger partial charge in [-0.25, -0.2) is 0 Å². The number of aliphatic hydroxyl groups is 1. The zero-order valence-corrected chi connectivity index (χ0v) is 12.1. The van der Waals surface area contributed by atoms with Crippen LogP contribution in [0.5, 0.6) is 0 Å². The molecule has 1 saturated carbocycles. The molecule has 0 bridgehead atoms. The molecule has 5 nitrogen and oxygen atoms in total. The average molecular weight is 288 g/mol. The van der Waals surface area contributed by atoms with Gasteiger partial charge in [-0.3, -0.25) is 9.78 Å². The fraction of sp³-hybridized carbons (Fsp3) is 0.500. The molecule has 0 spiro atoms. The van der Waals surface area contributed by atoms with Crippen LogP contribution < -0.4 is 5.32 Å². The largest absolute Gasteiger partial charge is 0.395 e. The topological polar surface area (TPSA) is 71.5 Å². The summed E-state index contributed by atoms with van der Waals surface area (Å²) in [6.45, 7) is 0.00633. The lowest BCUT2D eigenvalue weighted by Gasteiger charge is -2.19. The molecular formula is C16H20N2O3. The van der Waals surface area contributed by atoms with Crippen LogP contribution in [0.3, 0.4) is 0 Å². The summed E-state index contributed by atoms with van der Waals surface area (Å²) in [5.74, 6) is 5.54. The van der Waals surface area contributed by atoms with E-state index in [-0.39, 0.29) is 24.7 Å². The van der Waals surface area contributed by atoms with Crippen molar-refractivity contribution in [3.8, 4) is 11.8 Å². The minimum absolute atomic E-state index is 0.00633. The zero-order valence-electron chi connectivity index (χ0n) is 12.1. The Hall–Kier alpha value is -1.90. The SMILES string of the molecule is COC1CCCC1NC(=O)c1ccncc1C#CCCO. The van der Waals surface area contributed by atoms with Crippen molar-refractivity contribution in [1.82, 2.24) is 10.3 Å². The molecule has 1 amide bonds. The molecule has 0 aromatic carbocycles. The summed E-state index contributed by atoms with van der Waals surface area (Å²) in [7, 11) is 1.67. The van der Waals surface area contributed by atoms with Crippen molar-refractivity contribution in [3.63, 3.8) is 0 Å². The summed E-state index contributed by atoms with van der Waals surface area (Å²) >= 11 is 0. The van der Waals surface area contributed by atoms with Gasteiger partial charge in [-0.2, -0.15) is 0 Å². The van der Waals surface area contributed by atoms with Gasteiger partial charge in [0.15, 0.2) is 0 Å². The summed E-state index contributed by atoms with van der Waals surface area (Å²) in [5, 5.41) is 11.8. The number of aliphatic hydroxyl groups excluding tert-OH is 1. The molecule has 1 heterocycles. The van der Waals surface area contributed by atoms with Crippen molar-refractivity contribution in [2.45, 2.75) is 37.8 Å². The first kappa shape index (κ1) is 15.5. The van der Waals surface area contributed by atoms with E-state index in [0.717, 1.165) is 19.3 Å². The lowest BCUT2D eigenvalue weighted by molar-refractivity contribution is 0.0722. The van der Waals surface area contributed by atoms with Gasteiger partial charge in [-0.05, 0) is 25.3 Å². The maximum Gasteiger partial charge on any atom is 0.252 e. The van der Waals surface area contributed by atoms with Gasteiger partial charge in [0.2, 0.25) is 0 Å². The Labute approximate surface area is 124 Å². The fourth-order valence-electron chi connectivity index (χ4n) is 2.53. The van der Waals surface area contributed by atoms with Crippen molar-refractivity contribution in [2.75, 3.05) is 13.7 Å². The molecule has 0 aliphatic heterocycles. The molecule has 2 unspecified atom stereocenters. The number of nitrogens with one attached hydrogen (secondary N) is 1. The molecule has 21 heavy (non-hydrogen) atoms. The number of methoxy groups -OCH3 is 1. The van der Waals surface area contributed by atoms with Crippen molar-refractivity contribution in [3.05, 3.63) is 29.6 Å². The van der Waals surface area contributed by atoms with Crippen molar-refractivity contribution in [1.29, 1.82) is 0 Å². The van der Waals surface area contributed by atoms with Crippen LogP contribution in [0.2, 0.25) is 0 Å². The summed E-state index contributed by atoms with van der Waals surface area (Å²) in [4.78, 5) is 16.4. The Morgan fingerprint density at radius 2 is 2.43 bits per heavy atom. The van der Waals surface area contributed by atoms with E-state index in [1.165, 1.54) is 0 Å². The van der Waals surface area contributed by atoms with Crippen LogP contribution in [-0.2, 0) is 4.74 Å². The summed E-state index contributed by atoms with van der Waals surface area (Å²) < 4.78 is 5.39. The second-order valence-corrected chi connectivity index (χ2v) is 4.98. The van der Waals surface area contributed by atoms with E-state index >= 15 is 0 Å². The van der Waals surface area contributed by atoms with Crippen molar-refractivity contribution >= 4 is 5.91 Å². The van der Waals surface area contributed by atoms with E-state index in [0.29, 0.717) is 17.5 Å². The molecule has 0 saturated heterocycles. The molecule has 2 rings (SSSR count). The number of rotatable bonds is 4. The minimum atomic E-state index is -0.153. The minimum Gasteiger partial charge on any atom is -0.395 e. The highest BCUT2D eigenvalue weighted by Crippen LogP contribution is 2.22. The highest BCUT2D eigenvalue weighted by atomic mass is 16.5. The summed E-state index contributed by atoms with van der Waals surface area (Å²) in [6, 6.07) is 1.71. The van der Waals surface area contributed by atoms with Crippen LogP contribution in [0, 0.1) is 11.8 Å². The number of hydrogen-bond acceptors (Lipinski definition) is 4. The third-order valence-electron chi connectivity index (χ3n) is 3.60. The first-order chi connectivity index (χ1) is 10.3. The molecule has 2 N–H and O–H groups in total. The third kappa shape index (κ3) is 4.03. The van der Waals surface area contributed by atoms with E-state index in [4.69, 9.17) is 9.84 Å². The first-order valence-corrected chi connectivity index (χ1v) is 7.13. The van der Waals surface area contributed by atoms with E-state index < -0.39 is 0 Å². The third-order valence-corrected chi connectivity index (χ3v) is 3.60. The molecule has 1 aromatic rings. The van der Waals surface area contributed by atoms with E-state index in [1.54, 1.807) is 25.6 Å². The smallest absolute Gasteiger partial charge is 0.252 e. The number of carbonyl (C=O) groups excluding carboxylic acids is 1. The van der Waals surface area contributed by atoms with Crippen LogP contribution in [0.1, 0.15) is 41.6 Å². The molecule has 1 fully saturated rings. The van der Waals surface area contributed by atoms with Crippen LogP contribution in [-0.4, -0.2) is 41.9 Å². The quantitative estimate of drug-likeness (QED) is 0.814. The van der Waals surface area contributed by atoms with Gasteiger partial charge in [0.05, 0.1) is 29.9 Å². The molecule has 112 valence electrons. The molecular weight excluding hydrogens is 268 g/mol. The highest BCUT2D eigenvalue weighted by Gasteiger charge is 2.29. The Bertz CT molecular complexity index is 548. The van der Waals surface area contributed by atoms with E-state index in [2.05, 4.69) is 22.1 Å².